The third-order valence-electron chi connectivity index (χ3n) is 6.52. The molecule has 1 heterocycles. The van der Waals surface area contributed by atoms with Crippen LogP contribution in [0.3, 0.4) is 0 Å². The average molecular weight is 450 g/mol. The molecule has 0 fully saturated rings. The van der Waals surface area contributed by atoms with Crippen LogP contribution in [0.1, 0.15) is 56.9 Å². The summed E-state index contributed by atoms with van der Waals surface area (Å²) < 4.78 is 16.9. The van der Waals surface area contributed by atoms with Crippen molar-refractivity contribution < 1.29 is 23.8 Å². The lowest BCUT2D eigenvalue weighted by Crippen LogP contribution is -2.40. The molecule has 6 nitrogen and oxygen atoms in total. The Morgan fingerprint density at radius 2 is 1.67 bits per heavy atom. The molecule has 0 unspecified atom stereocenters. The molecular formula is C27H31NO5. The van der Waals surface area contributed by atoms with Crippen molar-refractivity contribution in [2.45, 2.75) is 51.4 Å². The predicted molar refractivity (Wildman–Crippen MR) is 125 cm³/mol. The monoisotopic (exact) mass is 449 g/mol. The minimum Gasteiger partial charge on any atom is -0.490 e. The van der Waals surface area contributed by atoms with Crippen molar-refractivity contribution in [1.82, 2.24) is 4.90 Å². The third-order valence-corrected chi connectivity index (χ3v) is 6.52. The van der Waals surface area contributed by atoms with E-state index in [0.29, 0.717) is 44.1 Å². The highest BCUT2D eigenvalue weighted by atomic mass is 16.5. The van der Waals surface area contributed by atoms with Crippen LogP contribution < -0.4 is 9.47 Å². The number of carbonyl (C=O) groups excluding carboxylic acids is 2. The van der Waals surface area contributed by atoms with Crippen molar-refractivity contribution in [1.29, 1.82) is 0 Å². The summed E-state index contributed by atoms with van der Waals surface area (Å²) in [6.45, 7) is 3.69. The number of ether oxygens (including phenoxy) is 3. The summed E-state index contributed by atoms with van der Waals surface area (Å²) in [6, 6.07) is 5.67. The van der Waals surface area contributed by atoms with E-state index in [0.717, 1.165) is 53.8 Å². The van der Waals surface area contributed by atoms with Gasteiger partial charge in [0.25, 0.3) is 0 Å². The number of hydrogen-bond donors (Lipinski definition) is 0. The number of allylic oxidation sites excluding steroid dienone is 4. The van der Waals surface area contributed by atoms with Gasteiger partial charge in [-0.05, 0) is 50.3 Å². The van der Waals surface area contributed by atoms with Gasteiger partial charge in [0.1, 0.15) is 6.61 Å². The molecule has 0 spiro atoms. The molecule has 0 N–H and O–H groups in total. The standard InChI is InChI=1S/C27H31NO5/c1-4-15-33-23-13-12-18(17-24(23)32-5-2)25-26-19(8-6-10-21(26)29)28(14-16-31-3)20-9-7-11-22(30)27(20)25/h1,12-13,17,25H,5-11,14-16H2,2-3H3. The van der Waals surface area contributed by atoms with Gasteiger partial charge in [0.15, 0.2) is 23.1 Å². The number of hydrogen-bond acceptors (Lipinski definition) is 6. The summed E-state index contributed by atoms with van der Waals surface area (Å²) in [5.74, 6) is 3.47. The Bertz CT molecular complexity index is 1000. The molecule has 0 saturated carbocycles. The first-order chi connectivity index (χ1) is 16.1. The van der Waals surface area contributed by atoms with Gasteiger partial charge in [-0.2, -0.15) is 0 Å². The van der Waals surface area contributed by atoms with Crippen molar-refractivity contribution in [3.8, 4) is 23.8 Å². The fraction of sp³-hybridized carbons (Fsp3) is 0.481. The lowest BCUT2D eigenvalue weighted by Gasteiger charge is -2.44. The van der Waals surface area contributed by atoms with Crippen LogP contribution in [-0.2, 0) is 14.3 Å². The van der Waals surface area contributed by atoms with Crippen molar-refractivity contribution in [3.63, 3.8) is 0 Å². The van der Waals surface area contributed by atoms with Gasteiger partial charge in [-0.25, -0.2) is 0 Å². The molecule has 0 atom stereocenters. The second-order valence-corrected chi connectivity index (χ2v) is 8.48. The van der Waals surface area contributed by atoms with Gasteiger partial charge >= 0.3 is 0 Å². The first-order valence-electron chi connectivity index (χ1n) is 11.7. The van der Waals surface area contributed by atoms with Crippen molar-refractivity contribution in [2.75, 3.05) is 33.5 Å². The van der Waals surface area contributed by atoms with E-state index in [2.05, 4.69) is 10.8 Å². The maximum atomic E-state index is 13.3. The third kappa shape index (κ3) is 4.43. The molecule has 3 aliphatic rings. The summed E-state index contributed by atoms with van der Waals surface area (Å²) in [6.07, 6.45) is 9.68. The number of methoxy groups -OCH3 is 1. The Kier molecular flexibility index (Phi) is 7.20. The van der Waals surface area contributed by atoms with E-state index in [4.69, 9.17) is 20.6 Å². The van der Waals surface area contributed by atoms with Crippen molar-refractivity contribution >= 4 is 11.6 Å². The molecule has 0 amide bonds. The quantitative estimate of drug-likeness (QED) is 0.556. The number of nitrogens with zero attached hydrogens (tertiary/aromatic N) is 1. The molecule has 1 aliphatic heterocycles. The van der Waals surface area contributed by atoms with Gasteiger partial charge in [-0.1, -0.05) is 12.0 Å². The minimum atomic E-state index is -0.379. The van der Waals surface area contributed by atoms with E-state index in [1.807, 2.05) is 25.1 Å². The maximum Gasteiger partial charge on any atom is 0.162 e. The zero-order chi connectivity index (χ0) is 23.4. The largest absolute Gasteiger partial charge is 0.490 e. The van der Waals surface area contributed by atoms with Crippen LogP contribution in [0.2, 0.25) is 0 Å². The Morgan fingerprint density at radius 3 is 2.24 bits per heavy atom. The summed E-state index contributed by atoms with van der Waals surface area (Å²) >= 11 is 0. The number of carbonyl (C=O) groups is 2. The predicted octanol–water partition coefficient (Wildman–Crippen LogP) is 4.16. The van der Waals surface area contributed by atoms with Crippen LogP contribution in [0, 0.1) is 12.3 Å². The summed E-state index contributed by atoms with van der Waals surface area (Å²) in [7, 11) is 1.68. The highest BCUT2D eigenvalue weighted by Crippen LogP contribution is 2.50. The zero-order valence-electron chi connectivity index (χ0n) is 19.4. The van der Waals surface area contributed by atoms with E-state index in [9.17, 15) is 9.59 Å². The molecule has 1 aromatic carbocycles. The first-order valence-corrected chi connectivity index (χ1v) is 11.7. The van der Waals surface area contributed by atoms with Crippen LogP contribution in [-0.4, -0.2) is 49.9 Å². The molecule has 2 aliphatic carbocycles. The van der Waals surface area contributed by atoms with Gasteiger partial charge in [0.05, 0.1) is 13.2 Å². The maximum absolute atomic E-state index is 13.3. The van der Waals surface area contributed by atoms with Gasteiger partial charge in [-0.3, -0.25) is 9.59 Å². The second-order valence-electron chi connectivity index (χ2n) is 8.48. The molecule has 0 radical (unpaired) electrons. The molecule has 0 aromatic heterocycles. The lowest BCUT2D eigenvalue weighted by atomic mass is 9.71. The number of benzene rings is 1. The zero-order valence-corrected chi connectivity index (χ0v) is 19.4. The normalized spacial score (nSPS) is 18.8. The molecular weight excluding hydrogens is 418 g/mol. The summed E-state index contributed by atoms with van der Waals surface area (Å²) in [5.41, 5.74) is 4.49. The summed E-state index contributed by atoms with van der Waals surface area (Å²) in [5, 5.41) is 0. The molecule has 1 aromatic rings. The van der Waals surface area contributed by atoms with E-state index in [1.165, 1.54) is 0 Å². The van der Waals surface area contributed by atoms with E-state index in [-0.39, 0.29) is 24.1 Å². The Balaban J connectivity index is 1.87. The Morgan fingerprint density at radius 1 is 1.00 bits per heavy atom. The average Bonchev–Trinajstić information content (AvgIpc) is 2.82. The highest BCUT2D eigenvalue weighted by Gasteiger charge is 2.43. The molecule has 0 bridgehead atoms. The summed E-state index contributed by atoms with van der Waals surface area (Å²) in [4.78, 5) is 28.8. The molecule has 0 saturated heterocycles. The van der Waals surface area contributed by atoms with Crippen LogP contribution in [0.25, 0.3) is 0 Å². The smallest absolute Gasteiger partial charge is 0.162 e. The minimum absolute atomic E-state index is 0.124. The van der Waals surface area contributed by atoms with Gasteiger partial charge in [0, 0.05) is 55.0 Å². The number of ketones is 2. The van der Waals surface area contributed by atoms with Gasteiger partial charge in [0.2, 0.25) is 0 Å². The SMILES string of the molecule is C#CCOc1ccc(C2C3=C(CCCC3=O)N(CCOC)C3=C2C(=O)CCC3)cc1OCC. The van der Waals surface area contributed by atoms with Gasteiger partial charge < -0.3 is 19.1 Å². The van der Waals surface area contributed by atoms with Gasteiger partial charge in [-0.15, -0.1) is 6.42 Å². The number of Topliss-reactive ketones (excluding diaryl/α,β-unsaturated/α-hetero) is 2. The van der Waals surface area contributed by atoms with Crippen LogP contribution in [0.15, 0.2) is 40.7 Å². The fourth-order valence-corrected chi connectivity index (χ4v) is 5.21. The highest BCUT2D eigenvalue weighted by molar-refractivity contribution is 6.06. The van der Waals surface area contributed by atoms with Crippen molar-refractivity contribution in [2.24, 2.45) is 0 Å². The number of rotatable bonds is 8. The number of terminal acetylenes is 1. The van der Waals surface area contributed by atoms with Crippen LogP contribution in [0.5, 0.6) is 11.5 Å². The van der Waals surface area contributed by atoms with Crippen LogP contribution >= 0.6 is 0 Å². The fourth-order valence-electron chi connectivity index (χ4n) is 5.21. The van der Waals surface area contributed by atoms with E-state index >= 15 is 0 Å². The molecule has 33 heavy (non-hydrogen) atoms. The molecule has 174 valence electrons. The second kappa shape index (κ2) is 10.3. The lowest BCUT2D eigenvalue weighted by molar-refractivity contribution is -0.117. The van der Waals surface area contributed by atoms with E-state index in [1.54, 1.807) is 7.11 Å². The van der Waals surface area contributed by atoms with Crippen molar-refractivity contribution in [3.05, 3.63) is 46.3 Å². The molecule has 6 heteroatoms. The van der Waals surface area contributed by atoms with Crippen LogP contribution in [0.4, 0.5) is 0 Å². The topological polar surface area (TPSA) is 65.1 Å². The van der Waals surface area contributed by atoms with E-state index < -0.39 is 0 Å². The Hall–Kier alpha value is -3.04. The Labute approximate surface area is 195 Å². The first kappa shape index (κ1) is 23.1. The molecule has 4 rings (SSSR count).